The summed E-state index contributed by atoms with van der Waals surface area (Å²) >= 11 is 0. The van der Waals surface area contributed by atoms with Crippen molar-refractivity contribution in [3.8, 4) is 0 Å². The van der Waals surface area contributed by atoms with Crippen molar-refractivity contribution in [2.45, 2.75) is 39.2 Å². The van der Waals surface area contributed by atoms with Crippen molar-refractivity contribution in [2.24, 2.45) is 0 Å². The molecule has 0 N–H and O–H groups in total. The zero-order valence-corrected chi connectivity index (χ0v) is 13.1. The summed E-state index contributed by atoms with van der Waals surface area (Å²) in [6, 6.07) is 8.56. The number of nitrogens with zero attached hydrogens (tertiary/aromatic N) is 2. The lowest BCUT2D eigenvalue weighted by atomic mass is 9.86. The predicted molar refractivity (Wildman–Crippen MR) is 82.2 cm³/mol. The smallest absolute Gasteiger partial charge is 0.325 e. The van der Waals surface area contributed by atoms with Crippen LogP contribution >= 0.6 is 0 Å². The molecule has 1 aromatic heterocycles. The van der Waals surface area contributed by atoms with Gasteiger partial charge in [0.1, 0.15) is 12.4 Å². The zero-order valence-electron chi connectivity index (χ0n) is 13.1. The maximum atomic E-state index is 11.4. The number of aromatic nitrogens is 2. The molecule has 0 saturated carbocycles. The normalized spacial score (nSPS) is 11.4. The van der Waals surface area contributed by atoms with Gasteiger partial charge in [0.25, 0.3) is 0 Å². The number of carbonyl (C=O) groups excluding carboxylic acids is 1. The third-order valence-electron chi connectivity index (χ3n) is 3.51. The minimum Gasteiger partial charge on any atom is -0.468 e. The number of rotatable bonds is 4. The topological polar surface area (TPSA) is 44.1 Å². The van der Waals surface area contributed by atoms with Crippen molar-refractivity contribution in [3.63, 3.8) is 0 Å². The highest BCUT2D eigenvalue weighted by Gasteiger charge is 2.13. The first-order valence-electron chi connectivity index (χ1n) is 7.06. The molecule has 2 rings (SSSR count). The Labute approximate surface area is 125 Å². The van der Waals surface area contributed by atoms with E-state index in [9.17, 15) is 4.79 Å². The number of methoxy groups -OCH3 is 1. The van der Waals surface area contributed by atoms with Gasteiger partial charge in [-0.3, -0.25) is 4.79 Å². The van der Waals surface area contributed by atoms with E-state index in [2.05, 4.69) is 50.0 Å². The van der Waals surface area contributed by atoms with Crippen LogP contribution in [-0.2, 0) is 27.9 Å². The van der Waals surface area contributed by atoms with Gasteiger partial charge in [-0.05, 0) is 16.5 Å². The van der Waals surface area contributed by atoms with E-state index in [1.165, 1.54) is 18.2 Å². The van der Waals surface area contributed by atoms with Crippen molar-refractivity contribution >= 4 is 5.97 Å². The maximum absolute atomic E-state index is 11.4. The molecule has 21 heavy (non-hydrogen) atoms. The summed E-state index contributed by atoms with van der Waals surface area (Å²) in [7, 11) is 1.39. The number of esters is 1. The standard InChI is InChI=1S/C17H22N2O2/c1-17(2,3)14-7-5-13(6-8-14)11-15-18-9-10-19(15)12-16(20)21-4/h5-10H,11-12H2,1-4H3. The van der Waals surface area contributed by atoms with Crippen LogP contribution in [0.3, 0.4) is 0 Å². The number of benzene rings is 1. The first-order chi connectivity index (χ1) is 9.90. The van der Waals surface area contributed by atoms with Crippen LogP contribution in [0.4, 0.5) is 0 Å². The van der Waals surface area contributed by atoms with Crippen LogP contribution in [0.5, 0.6) is 0 Å². The third-order valence-corrected chi connectivity index (χ3v) is 3.51. The van der Waals surface area contributed by atoms with Crippen molar-refractivity contribution < 1.29 is 9.53 Å². The first kappa shape index (κ1) is 15.3. The van der Waals surface area contributed by atoms with Crippen LogP contribution in [0.2, 0.25) is 0 Å². The van der Waals surface area contributed by atoms with E-state index in [4.69, 9.17) is 4.74 Å². The fraction of sp³-hybridized carbons (Fsp3) is 0.412. The second-order valence-electron chi connectivity index (χ2n) is 6.17. The first-order valence-corrected chi connectivity index (χ1v) is 7.06. The van der Waals surface area contributed by atoms with Gasteiger partial charge in [0.05, 0.1) is 7.11 Å². The highest BCUT2D eigenvalue weighted by atomic mass is 16.5. The molecule has 0 aliphatic rings. The number of hydrogen-bond donors (Lipinski definition) is 0. The minimum atomic E-state index is -0.266. The van der Waals surface area contributed by atoms with Crippen LogP contribution in [-0.4, -0.2) is 22.6 Å². The van der Waals surface area contributed by atoms with Gasteiger partial charge in [-0.2, -0.15) is 0 Å². The molecule has 0 amide bonds. The molecule has 0 fully saturated rings. The van der Waals surface area contributed by atoms with Crippen molar-refractivity contribution in [3.05, 3.63) is 53.6 Å². The van der Waals surface area contributed by atoms with Gasteiger partial charge >= 0.3 is 5.97 Å². The van der Waals surface area contributed by atoms with Gasteiger partial charge in [0.15, 0.2) is 0 Å². The van der Waals surface area contributed by atoms with Gasteiger partial charge in [0.2, 0.25) is 0 Å². The second-order valence-corrected chi connectivity index (χ2v) is 6.17. The molecule has 0 bridgehead atoms. The summed E-state index contributed by atoms with van der Waals surface area (Å²) in [6.07, 6.45) is 4.21. The Kier molecular flexibility index (Phi) is 4.46. The Balaban J connectivity index is 2.12. The number of carbonyl (C=O) groups is 1. The van der Waals surface area contributed by atoms with Crippen molar-refractivity contribution in [1.29, 1.82) is 0 Å². The van der Waals surface area contributed by atoms with E-state index < -0.39 is 0 Å². The Morgan fingerprint density at radius 1 is 1.24 bits per heavy atom. The monoisotopic (exact) mass is 286 g/mol. The third kappa shape index (κ3) is 3.94. The number of hydrogen-bond acceptors (Lipinski definition) is 3. The summed E-state index contributed by atoms with van der Waals surface area (Å²) in [5.74, 6) is 0.598. The van der Waals surface area contributed by atoms with E-state index in [1.54, 1.807) is 12.4 Å². The van der Waals surface area contributed by atoms with E-state index in [1.807, 2.05) is 4.57 Å². The summed E-state index contributed by atoms with van der Waals surface area (Å²) in [6.45, 7) is 6.80. The molecule has 0 spiro atoms. The quantitative estimate of drug-likeness (QED) is 0.812. The van der Waals surface area contributed by atoms with E-state index >= 15 is 0 Å². The molecule has 112 valence electrons. The summed E-state index contributed by atoms with van der Waals surface area (Å²) in [5, 5.41) is 0. The molecule has 0 saturated heterocycles. The SMILES string of the molecule is COC(=O)Cn1ccnc1Cc1ccc(C(C)(C)C)cc1. The predicted octanol–water partition coefficient (Wildman–Crippen LogP) is 2.94. The molecule has 0 unspecified atom stereocenters. The lowest BCUT2D eigenvalue weighted by molar-refractivity contribution is -0.141. The Morgan fingerprint density at radius 3 is 2.48 bits per heavy atom. The molecular weight excluding hydrogens is 264 g/mol. The molecule has 0 aliphatic carbocycles. The molecule has 1 aromatic carbocycles. The van der Waals surface area contributed by atoms with Gasteiger partial charge in [0, 0.05) is 18.8 Å². The van der Waals surface area contributed by atoms with Crippen LogP contribution in [0, 0.1) is 0 Å². The van der Waals surface area contributed by atoms with Crippen molar-refractivity contribution in [2.75, 3.05) is 7.11 Å². The van der Waals surface area contributed by atoms with Gasteiger partial charge in [-0.1, -0.05) is 45.0 Å². The average molecular weight is 286 g/mol. The van der Waals surface area contributed by atoms with Crippen LogP contribution < -0.4 is 0 Å². The molecule has 0 atom stereocenters. The minimum absolute atomic E-state index is 0.155. The maximum Gasteiger partial charge on any atom is 0.325 e. The summed E-state index contributed by atoms with van der Waals surface area (Å²) in [4.78, 5) is 15.7. The fourth-order valence-electron chi connectivity index (χ4n) is 2.16. The zero-order chi connectivity index (χ0) is 15.5. The van der Waals surface area contributed by atoms with Gasteiger partial charge in [-0.25, -0.2) is 4.98 Å². The summed E-state index contributed by atoms with van der Waals surface area (Å²) in [5.41, 5.74) is 2.64. The molecule has 2 aromatic rings. The molecular formula is C17H22N2O2. The average Bonchev–Trinajstić information content (AvgIpc) is 2.85. The number of ether oxygens (including phenoxy) is 1. The molecule has 4 nitrogen and oxygen atoms in total. The van der Waals surface area contributed by atoms with E-state index in [0.717, 1.165) is 5.82 Å². The molecule has 0 aliphatic heterocycles. The lowest BCUT2D eigenvalue weighted by Crippen LogP contribution is -2.14. The van der Waals surface area contributed by atoms with Crippen LogP contribution in [0.25, 0.3) is 0 Å². The number of imidazole rings is 1. The van der Waals surface area contributed by atoms with E-state index in [0.29, 0.717) is 6.42 Å². The van der Waals surface area contributed by atoms with Crippen molar-refractivity contribution in [1.82, 2.24) is 9.55 Å². The Morgan fingerprint density at radius 2 is 1.90 bits per heavy atom. The van der Waals surface area contributed by atoms with E-state index in [-0.39, 0.29) is 17.9 Å². The molecule has 4 heteroatoms. The fourth-order valence-corrected chi connectivity index (χ4v) is 2.16. The highest BCUT2D eigenvalue weighted by Crippen LogP contribution is 2.22. The molecule has 0 radical (unpaired) electrons. The Bertz CT molecular complexity index is 606. The van der Waals surface area contributed by atoms with Crippen LogP contribution in [0.15, 0.2) is 36.7 Å². The lowest BCUT2D eigenvalue weighted by Gasteiger charge is -2.19. The van der Waals surface area contributed by atoms with Gasteiger partial charge in [-0.15, -0.1) is 0 Å². The second kappa shape index (κ2) is 6.12. The van der Waals surface area contributed by atoms with Gasteiger partial charge < -0.3 is 9.30 Å². The largest absolute Gasteiger partial charge is 0.468 e. The molecule has 1 heterocycles. The highest BCUT2D eigenvalue weighted by molar-refractivity contribution is 5.69. The Hall–Kier alpha value is -2.10. The van der Waals surface area contributed by atoms with Crippen LogP contribution in [0.1, 0.15) is 37.7 Å². The summed E-state index contributed by atoms with van der Waals surface area (Å²) < 4.78 is 6.52.